The molecule has 2 aromatic rings. The van der Waals surface area contributed by atoms with Crippen molar-refractivity contribution < 1.29 is 85.6 Å². The molecule has 0 saturated carbocycles. The number of phosphoric ester groups is 3. The number of nitrogens with two attached hydrogens (primary N) is 1. The molecule has 1 saturated heterocycles. The quantitative estimate of drug-likeness (QED) is 0.0485. The van der Waals surface area contributed by atoms with Crippen LogP contribution in [0.25, 0.3) is 11.2 Å². The van der Waals surface area contributed by atoms with E-state index in [1.807, 2.05) is 0 Å². The molecule has 3 rings (SSSR count). The third-order valence-electron chi connectivity index (χ3n) is 7.79. The van der Waals surface area contributed by atoms with E-state index in [2.05, 4.69) is 34.4 Å². The molecule has 29 heteroatoms. The standard InChI is InChI=1S/C26H44N7O18P3S/c1-4-14(9-34)25(39)55-8-7-28-16(35)5-6-29-23(38)20(37)26(2,3)11-48-54(45,46)51-53(43,44)47-10-15-19(50-52(40,41)42)18(36)24(49-15)33-13-32-17-21(27)30-12-31-22(17)33/h12-15,18-20,24,34,36-37H,4-11H2,1-3H3,(H,28,35)(H,29,38)(H,43,44)(H,45,46)(H2,27,30,31)(H2,40,41,42)/t14?,15-,18-,19-,20?,24-/m1/s1. The number of aliphatic hydroxyl groups excluding tert-OH is 3. The first-order valence-corrected chi connectivity index (χ1v) is 21.7. The van der Waals surface area contributed by atoms with Crippen LogP contribution in [0.2, 0.25) is 0 Å². The van der Waals surface area contributed by atoms with E-state index in [4.69, 9.17) is 24.6 Å². The maximum absolute atomic E-state index is 12.7. The van der Waals surface area contributed by atoms with Gasteiger partial charge >= 0.3 is 23.5 Å². The van der Waals surface area contributed by atoms with Gasteiger partial charge in [-0.25, -0.2) is 28.6 Å². The van der Waals surface area contributed by atoms with Crippen LogP contribution >= 0.6 is 35.2 Å². The van der Waals surface area contributed by atoms with Crippen LogP contribution < -0.4 is 16.4 Å². The summed E-state index contributed by atoms with van der Waals surface area (Å²) < 4.78 is 62.0. The van der Waals surface area contributed by atoms with Crippen molar-refractivity contribution >= 4 is 69.1 Å². The summed E-state index contributed by atoms with van der Waals surface area (Å²) in [6, 6.07) is 0. The maximum Gasteiger partial charge on any atom is 0.481 e. The first-order valence-electron chi connectivity index (χ1n) is 16.2. The van der Waals surface area contributed by atoms with Crippen LogP contribution in [0.3, 0.4) is 0 Å². The van der Waals surface area contributed by atoms with E-state index in [-0.39, 0.29) is 54.0 Å². The number of aliphatic hydroxyl groups is 3. The predicted molar refractivity (Wildman–Crippen MR) is 188 cm³/mol. The van der Waals surface area contributed by atoms with Crippen LogP contribution in [0.1, 0.15) is 39.8 Å². The Morgan fingerprint density at radius 1 is 1.07 bits per heavy atom. The summed E-state index contributed by atoms with van der Waals surface area (Å²) >= 11 is 0.967. The van der Waals surface area contributed by atoms with Gasteiger partial charge in [-0.2, -0.15) is 4.31 Å². The molecule has 0 spiro atoms. The molecule has 2 amide bonds. The van der Waals surface area contributed by atoms with E-state index in [9.17, 15) is 57.9 Å². The number of carbonyl (C=O) groups excluding carboxylic acids is 3. The monoisotopic (exact) mass is 867 g/mol. The molecule has 0 bridgehead atoms. The van der Waals surface area contributed by atoms with E-state index in [0.29, 0.717) is 6.42 Å². The highest BCUT2D eigenvalue weighted by molar-refractivity contribution is 8.13. The fraction of sp³-hybridized carbons (Fsp3) is 0.692. The van der Waals surface area contributed by atoms with Crippen LogP contribution in [-0.2, 0) is 50.7 Å². The largest absolute Gasteiger partial charge is 0.481 e. The molecule has 8 atom stereocenters. The van der Waals surface area contributed by atoms with Crippen LogP contribution in [0.5, 0.6) is 0 Å². The summed E-state index contributed by atoms with van der Waals surface area (Å²) in [4.78, 5) is 87.4. The summed E-state index contributed by atoms with van der Waals surface area (Å²) in [6.45, 7) is 1.86. The molecule has 11 N–H and O–H groups in total. The normalized spacial score (nSPS) is 22.4. The summed E-state index contributed by atoms with van der Waals surface area (Å²) in [6.07, 6.45) is -6.51. The van der Waals surface area contributed by atoms with Crippen molar-refractivity contribution in [3.63, 3.8) is 0 Å². The van der Waals surface area contributed by atoms with Crippen molar-refractivity contribution in [1.82, 2.24) is 30.2 Å². The molecule has 3 heterocycles. The SMILES string of the molecule is CCC(CO)C(=O)SCCNC(=O)CCNC(=O)C(O)C(C)(C)COP(=O)(O)OP(=O)(O)OC[C@H]1O[C@@H](n2cnc3c(N)ncnc32)[C@H](O)[C@@H]1OP(=O)(O)O. The van der Waals surface area contributed by atoms with Crippen molar-refractivity contribution in [2.75, 3.05) is 44.4 Å². The number of phosphoric acid groups is 3. The third kappa shape index (κ3) is 13.8. The summed E-state index contributed by atoms with van der Waals surface area (Å²) in [7, 11) is -16.4. The van der Waals surface area contributed by atoms with Gasteiger partial charge in [-0.05, 0) is 6.42 Å². The van der Waals surface area contributed by atoms with E-state index in [1.165, 1.54) is 13.8 Å². The van der Waals surface area contributed by atoms with Crippen molar-refractivity contribution in [2.45, 2.75) is 64.3 Å². The minimum Gasteiger partial charge on any atom is -0.396 e. The number of amides is 2. The number of imidazole rings is 1. The van der Waals surface area contributed by atoms with Crippen LogP contribution in [0.15, 0.2) is 12.7 Å². The molecule has 0 radical (unpaired) electrons. The van der Waals surface area contributed by atoms with Gasteiger partial charge in [-0.15, -0.1) is 0 Å². The van der Waals surface area contributed by atoms with Crippen LogP contribution in [0.4, 0.5) is 5.82 Å². The topological polar surface area (TPSA) is 384 Å². The number of carbonyl (C=O) groups is 3. The van der Waals surface area contributed by atoms with Gasteiger partial charge in [-0.1, -0.05) is 32.5 Å². The van der Waals surface area contributed by atoms with Crippen molar-refractivity contribution in [2.24, 2.45) is 11.3 Å². The van der Waals surface area contributed by atoms with Crippen LogP contribution in [0, 0.1) is 11.3 Å². The van der Waals surface area contributed by atoms with Gasteiger partial charge in [0.15, 0.2) is 22.8 Å². The lowest BCUT2D eigenvalue weighted by molar-refractivity contribution is -0.137. The molecule has 1 aliphatic heterocycles. The zero-order valence-electron chi connectivity index (χ0n) is 29.5. The molecule has 1 fully saturated rings. The highest BCUT2D eigenvalue weighted by Crippen LogP contribution is 2.61. The molecule has 0 aromatic carbocycles. The predicted octanol–water partition coefficient (Wildman–Crippen LogP) is -1.32. The van der Waals surface area contributed by atoms with Gasteiger partial charge < -0.3 is 56.0 Å². The van der Waals surface area contributed by atoms with E-state index in [1.54, 1.807) is 6.92 Å². The number of rotatable bonds is 22. The lowest BCUT2D eigenvalue weighted by Crippen LogP contribution is -2.46. The van der Waals surface area contributed by atoms with Gasteiger partial charge in [-0.3, -0.25) is 32.5 Å². The number of nitrogens with zero attached hydrogens (tertiary/aromatic N) is 4. The second kappa shape index (κ2) is 19.8. The number of nitrogen functional groups attached to an aromatic ring is 1. The number of aromatic nitrogens is 4. The highest BCUT2D eigenvalue weighted by Gasteiger charge is 2.50. The molecule has 55 heavy (non-hydrogen) atoms. The third-order valence-corrected chi connectivity index (χ3v) is 11.9. The Morgan fingerprint density at radius 2 is 1.75 bits per heavy atom. The van der Waals surface area contributed by atoms with Gasteiger partial charge in [0.05, 0.1) is 32.1 Å². The van der Waals surface area contributed by atoms with Gasteiger partial charge in [0.25, 0.3) is 0 Å². The number of hydrogen-bond donors (Lipinski definition) is 10. The molecule has 0 aliphatic carbocycles. The number of ether oxygens (including phenoxy) is 1. The Bertz CT molecular complexity index is 1800. The lowest BCUT2D eigenvalue weighted by atomic mass is 9.87. The summed E-state index contributed by atoms with van der Waals surface area (Å²) in [5.41, 5.74) is 4.23. The summed E-state index contributed by atoms with van der Waals surface area (Å²) in [5.74, 6) is -1.73. The molecule has 1 aliphatic rings. The average Bonchev–Trinajstić information content (AvgIpc) is 3.65. The Kier molecular flexibility index (Phi) is 16.9. The first-order chi connectivity index (χ1) is 25.5. The second-order valence-corrected chi connectivity index (χ2v) is 17.9. The van der Waals surface area contributed by atoms with E-state index in [0.717, 1.165) is 29.0 Å². The molecule has 25 nitrogen and oxygen atoms in total. The first kappa shape index (κ1) is 46.9. The molecule has 312 valence electrons. The fourth-order valence-corrected chi connectivity index (χ4v) is 8.48. The number of nitrogens with one attached hydrogen (secondary N) is 2. The molecular formula is C26H44N7O18P3S. The highest BCUT2D eigenvalue weighted by atomic mass is 32.2. The Hall–Kier alpha value is -2.48. The van der Waals surface area contributed by atoms with Gasteiger partial charge in [0, 0.05) is 30.7 Å². The van der Waals surface area contributed by atoms with E-state index < -0.39 is 90.5 Å². The molecule has 4 unspecified atom stereocenters. The number of anilines is 1. The Labute approximate surface area is 317 Å². The minimum absolute atomic E-state index is 0.0261. The molecular weight excluding hydrogens is 823 g/mol. The smallest absolute Gasteiger partial charge is 0.396 e. The Balaban J connectivity index is 1.50. The van der Waals surface area contributed by atoms with E-state index >= 15 is 0 Å². The Morgan fingerprint density at radius 3 is 2.38 bits per heavy atom. The summed E-state index contributed by atoms with van der Waals surface area (Å²) in [5, 5.41) is 35.2. The number of fused-ring (bicyclic) bond motifs is 1. The maximum atomic E-state index is 12.7. The van der Waals surface area contributed by atoms with Crippen molar-refractivity contribution in [1.29, 1.82) is 0 Å². The number of hydrogen-bond acceptors (Lipinski definition) is 19. The lowest BCUT2D eigenvalue weighted by Gasteiger charge is -2.30. The zero-order chi connectivity index (χ0) is 41.4. The van der Waals surface area contributed by atoms with Crippen molar-refractivity contribution in [3.8, 4) is 0 Å². The second-order valence-electron chi connectivity index (χ2n) is 12.5. The van der Waals surface area contributed by atoms with Crippen LogP contribution in [-0.4, -0.2) is 134 Å². The number of thioether (sulfide) groups is 1. The minimum atomic E-state index is -5.58. The average molecular weight is 868 g/mol. The van der Waals surface area contributed by atoms with Gasteiger partial charge in [0.1, 0.15) is 36.3 Å². The van der Waals surface area contributed by atoms with Crippen molar-refractivity contribution in [3.05, 3.63) is 12.7 Å². The molecule has 2 aromatic heterocycles. The van der Waals surface area contributed by atoms with Gasteiger partial charge in [0.2, 0.25) is 11.8 Å². The fourth-order valence-electron chi connectivity index (χ4n) is 4.77. The zero-order valence-corrected chi connectivity index (χ0v) is 33.0.